The first-order chi connectivity index (χ1) is 17.7. The van der Waals surface area contributed by atoms with E-state index in [2.05, 4.69) is 5.32 Å². The molecule has 0 aromatic heterocycles. The smallest absolute Gasteiger partial charge is 0.243 e. The molecule has 0 heterocycles. The molecule has 0 radical (unpaired) electrons. The predicted octanol–water partition coefficient (Wildman–Crippen LogP) is 7.29. The molecule has 2 amide bonds. The zero-order valence-electron chi connectivity index (χ0n) is 20.9. The summed E-state index contributed by atoms with van der Waals surface area (Å²) in [5, 5.41) is 4.75. The summed E-state index contributed by atoms with van der Waals surface area (Å²) in [6.07, 6.45) is 0.401. The molecule has 3 aromatic carbocycles. The van der Waals surface area contributed by atoms with Gasteiger partial charge in [-0.25, -0.2) is 0 Å². The Morgan fingerprint density at radius 2 is 1.54 bits per heavy atom. The summed E-state index contributed by atoms with van der Waals surface area (Å²) in [4.78, 5) is 28.8. The minimum atomic E-state index is -0.683. The van der Waals surface area contributed by atoms with Crippen LogP contribution in [0.4, 0.5) is 0 Å². The molecule has 3 aromatic rings. The number of hydrogen-bond donors (Lipinski definition) is 1. The van der Waals surface area contributed by atoms with E-state index in [0.29, 0.717) is 33.8 Å². The van der Waals surface area contributed by atoms with E-state index in [4.69, 9.17) is 34.8 Å². The highest BCUT2D eigenvalue weighted by molar-refractivity contribution is 7.99. The fraction of sp³-hybridized carbons (Fsp3) is 0.310. The predicted molar refractivity (Wildman–Crippen MR) is 156 cm³/mol. The minimum absolute atomic E-state index is 0.145. The maximum Gasteiger partial charge on any atom is 0.243 e. The summed E-state index contributed by atoms with van der Waals surface area (Å²) in [5.41, 5.74) is 2.63. The second kappa shape index (κ2) is 14.7. The molecule has 0 aliphatic rings. The topological polar surface area (TPSA) is 49.4 Å². The molecule has 1 N–H and O–H groups in total. The van der Waals surface area contributed by atoms with E-state index in [0.717, 1.165) is 16.7 Å². The van der Waals surface area contributed by atoms with Crippen LogP contribution in [0.3, 0.4) is 0 Å². The highest BCUT2D eigenvalue weighted by Crippen LogP contribution is 2.28. The molecule has 0 saturated carbocycles. The lowest BCUT2D eigenvalue weighted by atomic mass is 10.0. The monoisotopic (exact) mass is 576 g/mol. The van der Waals surface area contributed by atoms with Gasteiger partial charge in [0, 0.05) is 40.3 Å². The molecule has 8 heteroatoms. The van der Waals surface area contributed by atoms with Gasteiger partial charge < -0.3 is 10.2 Å². The highest BCUT2D eigenvalue weighted by Gasteiger charge is 2.30. The number of hydrogen-bond acceptors (Lipinski definition) is 3. The van der Waals surface area contributed by atoms with E-state index in [9.17, 15) is 9.59 Å². The summed E-state index contributed by atoms with van der Waals surface area (Å²) in [6.45, 7) is 4.87. The maximum absolute atomic E-state index is 13.7. The number of nitrogens with zero attached hydrogens (tertiary/aromatic N) is 1. The molecular weight excluding hydrogens is 547 g/mol. The van der Waals surface area contributed by atoms with Crippen LogP contribution in [0.25, 0.3) is 0 Å². The third kappa shape index (κ3) is 9.26. The van der Waals surface area contributed by atoms with Gasteiger partial charge >= 0.3 is 0 Å². The number of benzene rings is 3. The van der Waals surface area contributed by atoms with E-state index >= 15 is 0 Å². The zero-order chi connectivity index (χ0) is 26.8. The lowest BCUT2D eigenvalue weighted by molar-refractivity contribution is -0.139. The average molecular weight is 578 g/mol. The largest absolute Gasteiger partial charge is 0.354 e. The minimum Gasteiger partial charge on any atom is -0.354 e. The van der Waals surface area contributed by atoms with E-state index in [1.165, 1.54) is 11.8 Å². The molecule has 0 unspecified atom stereocenters. The number of carbonyl (C=O) groups excluding carboxylic acids is 2. The number of carbonyl (C=O) groups is 2. The van der Waals surface area contributed by atoms with Crippen LogP contribution in [0.1, 0.15) is 30.5 Å². The third-order valence-electron chi connectivity index (χ3n) is 5.73. The number of rotatable bonds is 12. The van der Waals surface area contributed by atoms with E-state index in [1.54, 1.807) is 29.2 Å². The van der Waals surface area contributed by atoms with Crippen molar-refractivity contribution in [1.29, 1.82) is 0 Å². The molecule has 3 rings (SSSR count). The Labute approximate surface area is 238 Å². The van der Waals surface area contributed by atoms with Crippen LogP contribution in [0.5, 0.6) is 0 Å². The van der Waals surface area contributed by atoms with Gasteiger partial charge in [0.2, 0.25) is 11.8 Å². The van der Waals surface area contributed by atoms with Crippen LogP contribution in [0.2, 0.25) is 15.1 Å². The van der Waals surface area contributed by atoms with Gasteiger partial charge in [-0.15, -0.1) is 11.8 Å². The Morgan fingerprint density at radius 1 is 0.892 bits per heavy atom. The quantitative estimate of drug-likeness (QED) is 0.246. The zero-order valence-corrected chi connectivity index (χ0v) is 24.0. The van der Waals surface area contributed by atoms with Crippen molar-refractivity contribution in [2.45, 2.75) is 38.6 Å². The van der Waals surface area contributed by atoms with Gasteiger partial charge in [-0.1, -0.05) is 97.2 Å². The fourth-order valence-electron chi connectivity index (χ4n) is 3.80. The van der Waals surface area contributed by atoms with Crippen LogP contribution in [0.15, 0.2) is 72.8 Å². The van der Waals surface area contributed by atoms with Gasteiger partial charge in [-0.2, -0.15) is 0 Å². The first-order valence-corrected chi connectivity index (χ1v) is 14.4. The van der Waals surface area contributed by atoms with Gasteiger partial charge in [-0.3, -0.25) is 9.59 Å². The molecule has 0 aliphatic heterocycles. The van der Waals surface area contributed by atoms with Gasteiger partial charge in [0.15, 0.2) is 0 Å². The molecule has 37 heavy (non-hydrogen) atoms. The second-order valence-electron chi connectivity index (χ2n) is 9.19. The molecule has 0 saturated heterocycles. The standard InChI is InChI=1S/C29H31Cl3N2O2S/c1-20(2)16-33-29(36)27(15-21-8-4-3-5-9-21)34(17-22-10-6-11-23(30)14-22)28(35)19-37-18-24-25(31)12-7-13-26(24)32/h3-14,20,27H,15-19H2,1-2H3,(H,33,36)/t27-/m0/s1. The molecule has 4 nitrogen and oxygen atoms in total. The summed E-state index contributed by atoms with van der Waals surface area (Å²) in [5.74, 6) is 0.624. The molecular formula is C29H31Cl3N2O2S. The lowest BCUT2D eigenvalue weighted by Crippen LogP contribution is -2.51. The molecule has 0 spiro atoms. The second-order valence-corrected chi connectivity index (χ2v) is 11.4. The van der Waals surface area contributed by atoms with Crippen molar-refractivity contribution in [2.75, 3.05) is 12.3 Å². The molecule has 0 fully saturated rings. The Hall–Kier alpha value is -2.18. The Morgan fingerprint density at radius 3 is 2.19 bits per heavy atom. The molecule has 0 bridgehead atoms. The summed E-state index contributed by atoms with van der Waals surface area (Å²) in [6, 6.07) is 21.8. The van der Waals surface area contributed by atoms with Crippen LogP contribution in [-0.4, -0.2) is 35.1 Å². The number of amides is 2. The van der Waals surface area contributed by atoms with Gasteiger partial charge in [0.05, 0.1) is 5.75 Å². The Balaban J connectivity index is 1.86. The van der Waals surface area contributed by atoms with Crippen molar-refractivity contribution in [3.63, 3.8) is 0 Å². The van der Waals surface area contributed by atoms with Gasteiger partial charge in [0.25, 0.3) is 0 Å². The number of nitrogens with one attached hydrogen (secondary N) is 1. The Bertz CT molecular complexity index is 1170. The van der Waals surface area contributed by atoms with Gasteiger partial charge in [-0.05, 0) is 46.9 Å². The van der Waals surface area contributed by atoms with Gasteiger partial charge in [0.1, 0.15) is 6.04 Å². The van der Waals surface area contributed by atoms with Crippen molar-refractivity contribution in [3.05, 3.63) is 105 Å². The van der Waals surface area contributed by atoms with Crippen molar-refractivity contribution in [3.8, 4) is 0 Å². The van der Waals surface area contributed by atoms with Crippen LogP contribution in [0, 0.1) is 5.92 Å². The molecule has 0 aliphatic carbocycles. The van der Waals surface area contributed by atoms with E-state index in [1.807, 2.05) is 62.4 Å². The van der Waals surface area contributed by atoms with Crippen molar-refractivity contribution >= 4 is 58.4 Å². The fourth-order valence-corrected chi connectivity index (χ4v) is 5.66. The first kappa shape index (κ1) is 29.4. The molecule has 1 atom stereocenters. The van der Waals surface area contributed by atoms with Crippen LogP contribution < -0.4 is 5.32 Å². The lowest BCUT2D eigenvalue weighted by Gasteiger charge is -2.32. The average Bonchev–Trinajstić information content (AvgIpc) is 2.87. The number of thioether (sulfide) groups is 1. The van der Waals surface area contributed by atoms with Crippen molar-refractivity contribution in [1.82, 2.24) is 10.2 Å². The highest BCUT2D eigenvalue weighted by atomic mass is 35.5. The molecule has 196 valence electrons. The summed E-state index contributed by atoms with van der Waals surface area (Å²) in [7, 11) is 0. The SMILES string of the molecule is CC(C)CNC(=O)[C@H](Cc1ccccc1)N(Cc1cccc(Cl)c1)C(=O)CSCc1c(Cl)cccc1Cl. The summed E-state index contributed by atoms with van der Waals surface area (Å²) < 4.78 is 0. The summed E-state index contributed by atoms with van der Waals surface area (Å²) >= 11 is 20.3. The van der Waals surface area contributed by atoms with E-state index < -0.39 is 6.04 Å². The van der Waals surface area contributed by atoms with Crippen LogP contribution in [-0.2, 0) is 28.3 Å². The number of halogens is 3. The third-order valence-corrected chi connectivity index (χ3v) is 7.62. The first-order valence-electron chi connectivity index (χ1n) is 12.1. The van der Waals surface area contributed by atoms with Crippen molar-refractivity contribution < 1.29 is 9.59 Å². The Kier molecular flexibility index (Phi) is 11.7. The van der Waals surface area contributed by atoms with Crippen LogP contribution >= 0.6 is 46.6 Å². The normalized spacial score (nSPS) is 11.8. The van der Waals surface area contributed by atoms with E-state index in [-0.39, 0.29) is 30.0 Å². The maximum atomic E-state index is 13.7. The van der Waals surface area contributed by atoms with Crippen molar-refractivity contribution in [2.24, 2.45) is 5.92 Å².